The molecule has 6 aliphatic carbocycles. The van der Waals surface area contributed by atoms with Gasteiger partial charge in [-0.3, -0.25) is 33.7 Å². The highest BCUT2D eigenvalue weighted by atomic mass is 16.4. The van der Waals surface area contributed by atoms with Crippen LogP contribution in [0.1, 0.15) is 85.8 Å². The van der Waals surface area contributed by atoms with E-state index in [0.717, 1.165) is 0 Å². The standard InChI is InChI=1S/C51H53N3O14/c1-21(2)32-28-19-24-17-26-22(13-15-30(55)35(26)41(58)33(24)44(61)50(28,67)46(63)37(40(32)57)48(52)65)11-9-7-5-6-8-10-12-23-14-16-31(56)36-27(23)18-25-20-29-39(54(3)4)43(60)38(49(53)66)47(64)51(29,68)45(62)34(25)42(36)59/h13-16,21,24-25,28-29,32,37,39-40,55-59,64,67-68H,5-8,17-20H2,1-4H3,(H2,52,65)(H2,53,66)/t24-,25-,28-,29-,32-,37?,39-,40?,50-,51-/m1/s1. The zero-order valence-electron chi connectivity index (χ0n) is 37.8. The number of likely N-dealkylation sites (N-methyl/N-ethyl adjacent to an activating group) is 1. The van der Waals surface area contributed by atoms with Gasteiger partial charge < -0.3 is 52.3 Å². The van der Waals surface area contributed by atoms with Crippen molar-refractivity contribution in [1.82, 2.24) is 4.90 Å². The first-order valence-corrected chi connectivity index (χ1v) is 22.6. The minimum atomic E-state index is -2.75. The number of aliphatic hydroxyl groups is 6. The van der Waals surface area contributed by atoms with E-state index in [2.05, 4.69) is 23.7 Å². The number of hydrogen-bond donors (Lipinski definition) is 10. The number of Topliss-reactive ketones (excluding diaryl/α,β-unsaturated/α-hetero) is 4. The molecule has 356 valence electrons. The summed E-state index contributed by atoms with van der Waals surface area (Å²) in [6.45, 7) is 3.49. The Morgan fingerprint density at radius 1 is 0.750 bits per heavy atom. The molecular formula is C51H53N3O14. The van der Waals surface area contributed by atoms with Crippen molar-refractivity contribution in [3.63, 3.8) is 0 Å². The van der Waals surface area contributed by atoms with E-state index in [1.807, 2.05) is 0 Å². The minimum absolute atomic E-state index is 0.0155. The van der Waals surface area contributed by atoms with Crippen LogP contribution in [0.2, 0.25) is 0 Å². The number of primary amides is 2. The smallest absolute Gasteiger partial charge is 0.255 e. The molecule has 3 saturated carbocycles. The number of unbranched alkanes of at least 4 members (excludes halogenated alkanes) is 3. The number of aromatic hydroxyl groups is 2. The van der Waals surface area contributed by atoms with Gasteiger partial charge in [0.05, 0.1) is 23.3 Å². The number of carbonyl (C=O) groups excluding carboxylic acids is 6. The molecule has 0 aromatic heterocycles. The van der Waals surface area contributed by atoms with Crippen molar-refractivity contribution >= 4 is 46.5 Å². The van der Waals surface area contributed by atoms with Gasteiger partial charge in [0.2, 0.25) is 17.5 Å². The third-order valence-electron chi connectivity index (χ3n) is 15.1. The fourth-order valence-corrected chi connectivity index (χ4v) is 12.1. The molecule has 12 N–H and O–H groups in total. The van der Waals surface area contributed by atoms with E-state index < -0.39 is 117 Å². The van der Waals surface area contributed by atoms with E-state index >= 15 is 0 Å². The highest BCUT2D eigenvalue weighted by Gasteiger charge is 2.68. The lowest BCUT2D eigenvalue weighted by Gasteiger charge is -2.53. The van der Waals surface area contributed by atoms with Crippen LogP contribution < -0.4 is 11.5 Å². The van der Waals surface area contributed by atoms with Gasteiger partial charge in [0.1, 0.15) is 40.3 Å². The van der Waals surface area contributed by atoms with Crippen molar-refractivity contribution < 1.29 is 69.6 Å². The van der Waals surface area contributed by atoms with E-state index in [0.29, 0.717) is 47.9 Å². The number of benzene rings is 2. The van der Waals surface area contributed by atoms with Gasteiger partial charge in [-0.15, -0.1) is 0 Å². The fourth-order valence-electron chi connectivity index (χ4n) is 12.1. The van der Waals surface area contributed by atoms with Gasteiger partial charge in [-0.05, 0) is 112 Å². The van der Waals surface area contributed by atoms with Gasteiger partial charge in [0, 0.05) is 47.0 Å². The molecule has 0 radical (unpaired) electrons. The molecule has 0 bridgehead atoms. The number of aliphatic hydroxyl groups excluding tert-OH is 4. The summed E-state index contributed by atoms with van der Waals surface area (Å²) in [6.07, 6.45) is 0.741. The predicted octanol–water partition coefficient (Wildman–Crippen LogP) is 1.71. The molecule has 17 heteroatoms. The van der Waals surface area contributed by atoms with Crippen LogP contribution in [0.4, 0.5) is 0 Å². The zero-order chi connectivity index (χ0) is 49.6. The molecule has 10 atom stereocenters. The van der Waals surface area contributed by atoms with E-state index in [-0.39, 0.29) is 65.4 Å². The van der Waals surface area contributed by atoms with Crippen molar-refractivity contribution in [1.29, 1.82) is 0 Å². The Balaban J connectivity index is 0.984. The molecule has 17 nitrogen and oxygen atoms in total. The second-order valence-corrected chi connectivity index (χ2v) is 19.4. The van der Waals surface area contributed by atoms with E-state index in [1.165, 1.54) is 31.1 Å². The maximum atomic E-state index is 14.1. The van der Waals surface area contributed by atoms with Crippen molar-refractivity contribution in [2.24, 2.45) is 52.9 Å². The molecule has 68 heavy (non-hydrogen) atoms. The summed E-state index contributed by atoms with van der Waals surface area (Å²) in [5, 5.41) is 90.9. The molecule has 0 heterocycles. The molecule has 0 aliphatic heterocycles. The Bertz CT molecular complexity index is 2870. The Kier molecular flexibility index (Phi) is 12.0. The lowest BCUT2D eigenvalue weighted by atomic mass is 9.51. The molecule has 0 saturated heterocycles. The number of hydrogen-bond acceptors (Lipinski definition) is 15. The normalized spacial score (nSPS) is 30.6. The molecule has 0 spiro atoms. The molecule has 2 amide bonds. The predicted molar refractivity (Wildman–Crippen MR) is 241 cm³/mol. The number of nitrogens with two attached hydrogens (primary N) is 2. The van der Waals surface area contributed by atoms with Crippen LogP contribution in [0.25, 0.3) is 11.5 Å². The number of ketones is 4. The Hall–Kier alpha value is -6.76. The number of phenolic OH excluding ortho intramolecular Hbond substituents is 2. The van der Waals surface area contributed by atoms with Crippen molar-refractivity contribution in [2.75, 3.05) is 14.1 Å². The Morgan fingerprint density at radius 3 is 1.66 bits per heavy atom. The average Bonchev–Trinajstić information content (AvgIpc) is 3.25. The number of fused-ring (bicyclic) bond motifs is 6. The van der Waals surface area contributed by atoms with Crippen molar-refractivity contribution in [3.8, 4) is 35.2 Å². The SMILES string of the molecule is CC(C)[C@H]1C(O)C(C(N)=O)C(=O)[C@]2(O)C(=O)C3=C(O)c4c(O)ccc(C#CCCCCC#Cc5ccc(O)c6c5C[C@@H]5C[C@@H]7[C@@H](N(C)C)C(=O)C(C(N)=O)=C(O)[C@]7(O)C(=O)C5=C6O)c4C[C@@H]3C[C@H]12. The van der Waals surface area contributed by atoms with Gasteiger partial charge in [0.25, 0.3) is 5.91 Å². The lowest BCUT2D eigenvalue weighted by molar-refractivity contribution is -0.186. The van der Waals surface area contributed by atoms with Crippen LogP contribution >= 0.6 is 0 Å². The minimum Gasteiger partial charge on any atom is -0.508 e. The zero-order valence-corrected chi connectivity index (χ0v) is 37.8. The molecule has 3 fully saturated rings. The third-order valence-corrected chi connectivity index (χ3v) is 15.1. The van der Waals surface area contributed by atoms with Gasteiger partial charge in [-0.1, -0.05) is 37.5 Å². The summed E-state index contributed by atoms with van der Waals surface area (Å²) < 4.78 is 0. The van der Waals surface area contributed by atoms with Crippen molar-refractivity contribution in [3.05, 3.63) is 80.1 Å². The van der Waals surface area contributed by atoms with Gasteiger partial charge in [-0.25, -0.2) is 0 Å². The summed E-state index contributed by atoms with van der Waals surface area (Å²) in [4.78, 5) is 81.3. The molecular weight excluding hydrogens is 879 g/mol. The molecule has 2 aromatic carbocycles. The third kappa shape index (κ3) is 6.93. The largest absolute Gasteiger partial charge is 0.508 e. The first kappa shape index (κ1) is 47.7. The summed E-state index contributed by atoms with van der Waals surface area (Å²) in [5.41, 5.74) is 5.82. The van der Waals surface area contributed by atoms with Crippen LogP contribution in [0, 0.1) is 65.1 Å². The first-order valence-electron chi connectivity index (χ1n) is 22.6. The molecule has 6 aliphatic rings. The summed E-state index contributed by atoms with van der Waals surface area (Å²) in [7, 11) is 3.05. The lowest BCUT2D eigenvalue weighted by Crippen LogP contribution is -2.70. The van der Waals surface area contributed by atoms with Crippen LogP contribution in [0.5, 0.6) is 11.5 Å². The van der Waals surface area contributed by atoms with Crippen LogP contribution in [0.3, 0.4) is 0 Å². The second kappa shape index (κ2) is 17.1. The number of phenols is 2. The van der Waals surface area contributed by atoms with E-state index in [9.17, 15) is 69.6 Å². The Morgan fingerprint density at radius 2 is 1.22 bits per heavy atom. The molecule has 2 unspecified atom stereocenters. The topological polar surface area (TPSA) is 320 Å². The summed E-state index contributed by atoms with van der Waals surface area (Å²) in [6, 6.07) is 4.62. The highest BCUT2D eigenvalue weighted by Crippen LogP contribution is 2.56. The van der Waals surface area contributed by atoms with Gasteiger partial charge in [-0.2, -0.15) is 0 Å². The second-order valence-electron chi connectivity index (χ2n) is 19.4. The monoisotopic (exact) mass is 931 g/mol. The van der Waals surface area contributed by atoms with Gasteiger partial charge in [0.15, 0.2) is 22.8 Å². The van der Waals surface area contributed by atoms with Crippen LogP contribution in [-0.4, -0.2) is 118 Å². The van der Waals surface area contributed by atoms with Gasteiger partial charge >= 0.3 is 0 Å². The van der Waals surface area contributed by atoms with Crippen molar-refractivity contribution in [2.45, 2.75) is 88.6 Å². The summed E-state index contributed by atoms with van der Waals surface area (Å²) >= 11 is 0. The highest BCUT2D eigenvalue weighted by molar-refractivity contribution is 6.26. The Labute approximate surface area is 390 Å². The number of amides is 2. The average molecular weight is 932 g/mol. The quantitative estimate of drug-likeness (QED) is 0.0818. The number of carbonyl (C=O) groups is 6. The number of rotatable bonds is 7. The van der Waals surface area contributed by atoms with E-state index in [1.54, 1.807) is 26.0 Å². The van der Waals surface area contributed by atoms with Crippen LogP contribution in [-0.2, 0) is 41.6 Å². The first-order chi connectivity index (χ1) is 32.0. The number of nitrogens with zero attached hydrogens (tertiary/aromatic N) is 1. The maximum absolute atomic E-state index is 14.1. The fraction of sp³-hybridized carbons (Fsp3) is 0.451. The van der Waals surface area contributed by atoms with Crippen LogP contribution in [0.15, 0.2) is 46.7 Å². The maximum Gasteiger partial charge on any atom is 0.255 e. The molecule has 8 rings (SSSR count). The molecule has 2 aromatic rings. The van der Waals surface area contributed by atoms with E-state index in [4.69, 9.17) is 11.5 Å². The summed E-state index contributed by atoms with van der Waals surface area (Å²) in [5.74, 6) is -4.11.